The third-order valence-corrected chi connectivity index (χ3v) is 5.82. The first-order chi connectivity index (χ1) is 14.6. The topological polar surface area (TPSA) is 66.9 Å². The Hall–Kier alpha value is -3.51. The normalized spacial score (nSPS) is 12.7. The van der Waals surface area contributed by atoms with Crippen molar-refractivity contribution in [3.8, 4) is 5.69 Å². The van der Waals surface area contributed by atoms with Crippen molar-refractivity contribution in [2.75, 3.05) is 5.32 Å². The molecular weight excluding hydrogens is 394 g/mol. The number of nitrogens with zero attached hydrogens (tertiary/aromatic N) is 1. The fourth-order valence-electron chi connectivity index (χ4n) is 4.02. The second-order valence-electron chi connectivity index (χ2n) is 7.46. The summed E-state index contributed by atoms with van der Waals surface area (Å²) in [4.78, 5) is 28.9. The number of carbonyl (C=O) groups is 1. The van der Waals surface area contributed by atoms with Gasteiger partial charge in [-0.1, -0.05) is 24.3 Å². The zero-order valence-corrected chi connectivity index (χ0v) is 17.0. The predicted molar refractivity (Wildman–Crippen MR) is 121 cm³/mol. The third kappa shape index (κ3) is 3.25. The van der Waals surface area contributed by atoms with E-state index in [-0.39, 0.29) is 16.2 Å². The highest BCUT2D eigenvalue weighted by molar-refractivity contribution is 7.71. The van der Waals surface area contributed by atoms with Crippen LogP contribution in [0.25, 0.3) is 16.6 Å². The highest BCUT2D eigenvalue weighted by Gasteiger charge is 2.14. The number of aryl methyl sites for hydroxylation is 2. The van der Waals surface area contributed by atoms with Crippen molar-refractivity contribution in [3.63, 3.8) is 0 Å². The first-order valence-electron chi connectivity index (χ1n) is 9.88. The Balaban J connectivity index is 1.50. The zero-order valence-electron chi connectivity index (χ0n) is 16.1. The Kier molecular flexibility index (Phi) is 4.56. The number of amides is 1. The first-order valence-corrected chi connectivity index (χ1v) is 10.3. The van der Waals surface area contributed by atoms with Gasteiger partial charge in [-0.25, -0.2) is 0 Å². The van der Waals surface area contributed by atoms with E-state index in [4.69, 9.17) is 12.2 Å². The van der Waals surface area contributed by atoms with Crippen molar-refractivity contribution in [1.29, 1.82) is 0 Å². The van der Waals surface area contributed by atoms with Gasteiger partial charge in [-0.3, -0.25) is 14.2 Å². The minimum Gasteiger partial charge on any atom is -0.331 e. The molecule has 6 heteroatoms. The van der Waals surface area contributed by atoms with Crippen molar-refractivity contribution < 1.29 is 4.79 Å². The van der Waals surface area contributed by atoms with Gasteiger partial charge in [-0.15, -0.1) is 0 Å². The summed E-state index contributed by atoms with van der Waals surface area (Å²) in [6, 6.07) is 20.3. The summed E-state index contributed by atoms with van der Waals surface area (Å²) < 4.78 is 1.75. The number of aromatic amines is 1. The van der Waals surface area contributed by atoms with Crippen LogP contribution in [0.4, 0.5) is 5.69 Å². The van der Waals surface area contributed by atoms with Crippen molar-refractivity contribution >= 4 is 34.7 Å². The molecule has 0 fully saturated rings. The van der Waals surface area contributed by atoms with Crippen molar-refractivity contribution in [3.05, 3.63) is 98.5 Å². The molecule has 0 unspecified atom stereocenters. The van der Waals surface area contributed by atoms with E-state index in [0.717, 1.165) is 24.9 Å². The van der Waals surface area contributed by atoms with Gasteiger partial charge in [0.2, 0.25) is 0 Å². The Morgan fingerprint density at radius 3 is 2.60 bits per heavy atom. The number of anilines is 1. The summed E-state index contributed by atoms with van der Waals surface area (Å²) in [5, 5.41) is 3.43. The van der Waals surface area contributed by atoms with Crippen molar-refractivity contribution in [2.24, 2.45) is 0 Å². The van der Waals surface area contributed by atoms with E-state index in [1.807, 2.05) is 42.5 Å². The number of para-hydroxylation sites is 1. The lowest BCUT2D eigenvalue weighted by atomic mass is 10.1. The van der Waals surface area contributed by atoms with E-state index < -0.39 is 0 Å². The first kappa shape index (κ1) is 18.5. The van der Waals surface area contributed by atoms with Crippen LogP contribution >= 0.6 is 12.2 Å². The second-order valence-corrected chi connectivity index (χ2v) is 7.84. The van der Waals surface area contributed by atoms with Gasteiger partial charge < -0.3 is 10.3 Å². The SMILES string of the molecule is O=C(Nc1ccc2c(c1)CCC2)c1ccc2c(=O)n(-c3ccccc3)c(=S)[nH]c2c1. The lowest BCUT2D eigenvalue weighted by molar-refractivity contribution is 0.102. The lowest BCUT2D eigenvalue weighted by Crippen LogP contribution is -2.21. The maximum Gasteiger partial charge on any atom is 0.266 e. The van der Waals surface area contributed by atoms with Gasteiger partial charge in [0.1, 0.15) is 0 Å². The van der Waals surface area contributed by atoms with Crippen LogP contribution < -0.4 is 10.9 Å². The van der Waals surface area contributed by atoms with Gasteiger partial charge in [0.05, 0.1) is 16.6 Å². The molecule has 0 saturated heterocycles. The highest BCUT2D eigenvalue weighted by atomic mass is 32.1. The van der Waals surface area contributed by atoms with E-state index in [1.165, 1.54) is 15.7 Å². The van der Waals surface area contributed by atoms with Gasteiger partial charge in [0, 0.05) is 11.3 Å². The largest absolute Gasteiger partial charge is 0.331 e. The summed E-state index contributed by atoms with van der Waals surface area (Å²) >= 11 is 5.42. The summed E-state index contributed by atoms with van der Waals surface area (Å²) in [6.45, 7) is 0. The molecule has 30 heavy (non-hydrogen) atoms. The Bertz CT molecular complexity index is 1400. The molecule has 3 aromatic carbocycles. The molecule has 1 aliphatic carbocycles. The van der Waals surface area contributed by atoms with Gasteiger partial charge >= 0.3 is 0 Å². The van der Waals surface area contributed by atoms with Gasteiger partial charge in [-0.05, 0) is 85.1 Å². The molecule has 1 aromatic heterocycles. The number of hydrogen-bond donors (Lipinski definition) is 2. The summed E-state index contributed by atoms with van der Waals surface area (Å²) in [5.41, 5.74) is 4.94. The van der Waals surface area contributed by atoms with Crippen molar-refractivity contribution in [2.45, 2.75) is 19.3 Å². The lowest BCUT2D eigenvalue weighted by Gasteiger charge is -2.10. The fraction of sp³-hybridized carbons (Fsp3) is 0.125. The average Bonchev–Trinajstić information content (AvgIpc) is 3.22. The Morgan fingerprint density at radius 1 is 0.967 bits per heavy atom. The maximum atomic E-state index is 13.0. The minimum absolute atomic E-state index is 0.217. The minimum atomic E-state index is -0.221. The van der Waals surface area contributed by atoms with Crippen LogP contribution in [-0.4, -0.2) is 15.5 Å². The molecule has 1 heterocycles. The maximum absolute atomic E-state index is 13.0. The number of carbonyl (C=O) groups excluding carboxylic acids is 1. The molecule has 0 saturated carbocycles. The number of benzene rings is 3. The number of H-pyrrole nitrogens is 1. The van der Waals surface area contributed by atoms with E-state index in [9.17, 15) is 9.59 Å². The molecule has 0 spiro atoms. The van der Waals surface area contributed by atoms with Crippen LogP contribution in [0.15, 0.2) is 71.5 Å². The molecule has 1 aliphatic rings. The number of aromatic nitrogens is 2. The monoisotopic (exact) mass is 413 g/mol. The third-order valence-electron chi connectivity index (χ3n) is 5.53. The van der Waals surface area contributed by atoms with Crippen LogP contribution in [0.3, 0.4) is 0 Å². The van der Waals surface area contributed by atoms with Crippen LogP contribution in [0.5, 0.6) is 0 Å². The molecule has 1 amide bonds. The number of rotatable bonds is 3. The van der Waals surface area contributed by atoms with E-state index >= 15 is 0 Å². The van der Waals surface area contributed by atoms with Crippen LogP contribution in [0.1, 0.15) is 27.9 Å². The molecule has 0 atom stereocenters. The second kappa shape index (κ2) is 7.39. The summed E-state index contributed by atoms with van der Waals surface area (Å²) in [5.74, 6) is -0.221. The van der Waals surface area contributed by atoms with Crippen LogP contribution in [-0.2, 0) is 12.8 Å². The molecule has 2 N–H and O–H groups in total. The quantitative estimate of drug-likeness (QED) is 0.475. The molecule has 0 aliphatic heterocycles. The number of hydrogen-bond acceptors (Lipinski definition) is 3. The summed E-state index contributed by atoms with van der Waals surface area (Å²) in [6.07, 6.45) is 3.32. The molecule has 5 nitrogen and oxygen atoms in total. The van der Waals surface area contributed by atoms with Crippen LogP contribution in [0, 0.1) is 4.77 Å². The fourth-order valence-corrected chi connectivity index (χ4v) is 4.32. The Morgan fingerprint density at radius 2 is 1.77 bits per heavy atom. The van der Waals surface area contributed by atoms with E-state index in [0.29, 0.717) is 22.2 Å². The number of nitrogens with one attached hydrogen (secondary N) is 2. The molecule has 148 valence electrons. The zero-order chi connectivity index (χ0) is 20.7. The number of fused-ring (bicyclic) bond motifs is 2. The molecule has 0 radical (unpaired) electrons. The predicted octanol–water partition coefficient (Wildman–Crippen LogP) is 4.79. The van der Waals surface area contributed by atoms with E-state index in [1.54, 1.807) is 18.2 Å². The van der Waals surface area contributed by atoms with Gasteiger partial charge in [0.15, 0.2) is 4.77 Å². The smallest absolute Gasteiger partial charge is 0.266 e. The van der Waals surface area contributed by atoms with Gasteiger partial charge in [-0.2, -0.15) is 0 Å². The van der Waals surface area contributed by atoms with E-state index in [2.05, 4.69) is 16.4 Å². The van der Waals surface area contributed by atoms with Crippen molar-refractivity contribution in [1.82, 2.24) is 9.55 Å². The average molecular weight is 414 g/mol. The van der Waals surface area contributed by atoms with Gasteiger partial charge in [0.25, 0.3) is 11.5 Å². The standard InChI is InChI=1S/C24H19N3O2S/c28-22(25-18-11-9-15-5-4-6-16(15)13-18)17-10-12-20-21(14-17)26-24(30)27(23(20)29)19-7-2-1-3-8-19/h1-3,7-14H,4-6H2,(H,25,28)(H,26,30). The molecule has 5 rings (SSSR count). The highest BCUT2D eigenvalue weighted by Crippen LogP contribution is 2.25. The summed E-state index contributed by atoms with van der Waals surface area (Å²) in [7, 11) is 0. The van der Waals surface area contributed by atoms with Crippen LogP contribution in [0.2, 0.25) is 0 Å². The Labute approximate surface area is 178 Å². The molecule has 4 aromatic rings. The molecule has 0 bridgehead atoms. The molecular formula is C24H19N3O2S.